The van der Waals surface area contributed by atoms with Crippen LogP contribution in [0.15, 0.2) is 18.6 Å². The van der Waals surface area contributed by atoms with Crippen LogP contribution in [0, 0.1) is 5.92 Å². The number of nitrogens with two attached hydrogens (primary N) is 1. The van der Waals surface area contributed by atoms with E-state index in [0.29, 0.717) is 13.1 Å². The molecule has 2 heterocycles. The summed E-state index contributed by atoms with van der Waals surface area (Å²) in [6.07, 6.45) is 5.09. The summed E-state index contributed by atoms with van der Waals surface area (Å²) in [5.74, 6) is 1.09. The van der Waals surface area contributed by atoms with E-state index in [0.717, 1.165) is 18.9 Å². The summed E-state index contributed by atoms with van der Waals surface area (Å²) >= 11 is 0. The van der Waals surface area contributed by atoms with Crippen molar-refractivity contribution in [2.45, 2.75) is 19.9 Å². The van der Waals surface area contributed by atoms with Gasteiger partial charge in [0.2, 0.25) is 5.91 Å². The molecular formula is C13H21N5O. The second-order valence-electron chi connectivity index (χ2n) is 5.15. The Morgan fingerprint density at radius 2 is 1.95 bits per heavy atom. The number of nitrogens with zero attached hydrogens (tertiary/aromatic N) is 4. The van der Waals surface area contributed by atoms with Crippen molar-refractivity contribution in [3.05, 3.63) is 18.6 Å². The third-order valence-corrected chi connectivity index (χ3v) is 3.47. The van der Waals surface area contributed by atoms with Crippen LogP contribution < -0.4 is 10.6 Å². The van der Waals surface area contributed by atoms with Crippen LogP contribution in [0.4, 0.5) is 5.82 Å². The predicted molar refractivity (Wildman–Crippen MR) is 73.6 cm³/mol. The van der Waals surface area contributed by atoms with Gasteiger partial charge in [-0.25, -0.2) is 4.98 Å². The summed E-state index contributed by atoms with van der Waals surface area (Å²) in [5, 5.41) is 0. The Kier molecular flexibility index (Phi) is 4.31. The first-order valence-electron chi connectivity index (χ1n) is 6.65. The number of carbonyl (C=O) groups excluding carboxylic acids is 1. The zero-order valence-corrected chi connectivity index (χ0v) is 11.5. The van der Waals surface area contributed by atoms with Gasteiger partial charge in [0, 0.05) is 38.6 Å². The van der Waals surface area contributed by atoms with Gasteiger partial charge in [0.05, 0.1) is 12.2 Å². The largest absolute Gasteiger partial charge is 0.352 e. The molecule has 1 aliphatic rings. The summed E-state index contributed by atoms with van der Waals surface area (Å²) in [5.41, 5.74) is 5.91. The fourth-order valence-corrected chi connectivity index (χ4v) is 2.11. The maximum atomic E-state index is 12.1. The van der Waals surface area contributed by atoms with Crippen LogP contribution in [0.3, 0.4) is 0 Å². The first-order valence-corrected chi connectivity index (χ1v) is 6.65. The average molecular weight is 263 g/mol. The lowest BCUT2D eigenvalue weighted by atomic mass is 10.0. The molecule has 1 aromatic rings. The van der Waals surface area contributed by atoms with Crippen molar-refractivity contribution in [2.75, 3.05) is 31.1 Å². The van der Waals surface area contributed by atoms with Crippen molar-refractivity contribution < 1.29 is 4.79 Å². The second kappa shape index (κ2) is 5.97. The van der Waals surface area contributed by atoms with Crippen molar-refractivity contribution in [1.29, 1.82) is 0 Å². The molecule has 1 aromatic heterocycles. The van der Waals surface area contributed by atoms with Crippen molar-refractivity contribution >= 4 is 11.7 Å². The third kappa shape index (κ3) is 3.20. The van der Waals surface area contributed by atoms with E-state index in [2.05, 4.69) is 14.9 Å². The van der Waals surface area contributed by atoms with E-state index < -0.39 is 6.04 Å². The number of aromatic nitrogens is 2. The summed E-state index contributed by atoms with van der Waals surface area (Å²) in [7, 11) is 0. The van der Waals surface area contributed by atoms with E-state index in [4.69, 9.17) is 5.73 Å². The lowest BCUT2D eigenvalue weighted by Gasteiger charge is -2.36. The molecule has 0 saturated carbocycles. The summed E-state index contributed by atoms with van der Waals surface area (Å²) in [6, 6.07) is -0.400. The molecule has 1 atom stereocenters. The average Bonchev–Trinajstić information content (AvgIpc) is 2.46. The van der Waals surface area contributed by atoms with Crippen LogP contribution in [0.5, 0.6) is 0 Å². The third-order valence-electron chi connectivity index (χ3n) is 3.47. The Bertz CT molecular complexity index is 414. The highest BCUT2D eigenvalue weighted by molar-refractivity contribution is 5.82. The molecule has 0 bridgehead atoms. The van der Waals surface area contributed by atoms with Gasteiger partial charge in [0.15, 0.2) is 0 Å². The first kappa shape index (κ1) is 13.7. The fraction of sp³-hybridized carbons (Fsp3) is 0.615. The molecule has 2 rings (SSSR count). The normalized spacial score (nSPS) is 17.7. The SMILES string of the molecule is CC(C)[C@H](N)C(=O)N1CCN(c2cnccn2)CC1. The van der Waals surface area contributed by atoms with E-state index in [1.807, 2.05) is 18.7 Å². The Hall–Kier alpha value is -1.69. The summed E-state index contributed by atoms with van der Waals surface area (Å²) in [6.45, 7) is 6.87. The molecule has 1 amide bonds. The quantitative estimate of drug-likeness (QED) is 0.837. The van der Waals surface area contributed by atoms with E-state index in [1.165, 1.54) is 0 Å². The molecule has 0 spiro atoms. The highest BCUT2D eigenvalue weighted by Gasteiger charge is 2.27. The van der Waals surface area contributed by atoms with Crippen molar-refractivity contribution in [2.24, 2.45) is 11.7 Å². The van der Waals surface area contributed by atoms with Gasteiger partial charge < -0.3 is 15.5 Å². The minimum atomic E-state index is -0.400. The number of hydrogen-bond donors (Lipinski definition) is 1. The zero-order chi connectivity index (χ0) is 13.8. The van der Waals surface area contributed by atoms with Gasteiger partial charge in [-0.2, -0.15) is 0 Å². The number of amides is 1. The summed E-state index contributed by atoms with van der Waals surface area (Å²) < 4.78 is 0. The molecule has 0 radical (unpaired) electrons. The van der Waals surface area contributed by atoms with Gasteiger partial charge in [0.1, 0.15) is 5.82 Å². The fourth-order valence-electron chi connectivity index (χ4n) is 2.11. The van der Waals surface area contributed by atoms with Gasteiger partial charge in [-0.05, 0) is 5.92 Å². The molecule has 1 aliphatic heterocycles. The lowest BCUT2D eigenvalue weighted by molar-refractivity contribution is -0.133. The van der Waals surface area contributed by atoms with Crippen molar-refractivity contribution in [1.82, 2.24) is 14.9 Å². The molecule has 0 unspecified atom stereocenters. The topological polar surface area (TPSA) is 75.4 Å². The molecule has 2 N–H and O–H groups in total. The Labute approximate surface area is 113 Å². The molecule has 1 saturated heterocycles. The van der Waals surface area contributed by atoms with Crippen LogP contribution in [0.1, 0.15) is 13.8 Å². The van der Waals surface area contributed by atoms with Gasteiger partial charge in [0.25, 0.3) is 0 Å². The predicted octanol–water partition coefficient (Wildman–Crippen LogP) is 0.109. The van der Waals surface area contributed by atoms with Crippen LogP contribution in [-0.4, -0.2) is 53.0 Å². The van der Waals surface area contributed by atoms with Gasteiger partial charge in [-0.15, -0.1) is 0 Å². The second-order valence-corrected chi connectivity index (χ2v) is 5.15. The molecule has 6 nitrogen and oxygen atoms in total. The van der Waals surface area contributed by atoms with E-state index >= 15 is 0 Å². The van der Waals surface area contributed by atoms with E-state index in [-0.39, 0.29) is 11.8 Å². The monoisotopic (exact) mass is 263 g/mol. The van der Waals surface area contributed by atoms with Crippen molar-refractivity contribution in [3.8, 4) is 0 Å². The molecule has 104 valence electrons. The molecule has 0 aliphatic carbocycles. The molecule has 1 fully saturated rings. The maximum absolute atomic E-state index is 12.1. The summed E-state index contributed by atoms with van der Waals surface area (Å²) in [4.78, 5) is 24.5. The molecule has 19 heavy (non-hydrogen) atoms. The number of rotatable bonds is 3. The van der Waals surface area contributed by atoms with E-state index in [9.17, 15) is 4.79 Å². The van der Waals surface area contributed by atoms with Gasteiger partial charge >= 0.3 is 0 Å². The van der Waals surface area contributed by atoms with Gasteiger partial charge in [-0.3, -0.25) is 9.78 Å². The molecule has 0 aromatic carbocycles. The highest BCUT2D eigenvalue weighted by atomic mass is 16.2. The van der Waals surface area contributed by atoms with Crippen LogP contribution in [0.2, 0.25) is 0 Å². The zero-order valence-electron chi connectivity index (χ0n) is 11.5. The van der Waals surface area contributed by atoms with Crippen LogP contribution in [-0.2, 0) is 4.79 Å². The Balaban J connectivity index is 1.91. The number of carbonyl (C=O) groups is 1. The minimum absolute atomic E-state index is 0.0498. The minimum Gasteiger partial charge on any atom is -0.352 e. The number of anilines is 1. The standard InChI is InChI=1S/C13H21N5O/c1-10(2)12(14)13(19)18-7-5-17(6-8-18)11-9-15-3-4-16-11/h3-4,9-10,12H,5-8,14H2,1-2H3/t12-/m0/s1. The molecule has 6 heteroatoms. The number of piperazine rings is 1. The Morgan fingerprint density at radius 3 is 2.47 bits per heavy atom. The highest BCUT2D eigenvalue weighted by Crippen LogP contribution is 2.13. The number of hydrogen-bond acceptors (Lipinski definition) is 5. The molecular weight excluding hydrogens is 242 g/mol. The lowest BCUT2D eigenvalue weighted by Crippen LogP contribution is -2.54. The Morgan fingerprint density at radius 1 is 1.26 bits per heavy atom. The van der Waals surface area contributed by atoms with Gasteiger partial charge in [-0.1, -0.05) is 13.8 Å². The first-order chi connectivity index (χ1) is 9.09. The maximum Gasteiger partial charge on any atom is 0.239 e. The van der Waals surface area contributed by atoms with Crippen molar-refractivity contribution in [3.63, 3.8) is 0 Å². The van der Waals surface area contributed by atoms with Crippen LogP contribution in [0.25, 0.3) is 0 Å². The van der Waals surface area contributed by atoms with Crippen LogP contribution >= 0.6 is 0 Å². The smallest absolute Gasteiger partial charge is 0.239 e. The van der Waals surface area contributed by atoms with E-state index in [1.54, 1.807) is 18.6 Å².